The van der Waals surface area contributed by atoms with Crippen LogP contribution in [0.2, 0.25) is 0 Å². The van der Waals surface area contributed by atoms with Gasteiger partial charge in [0.1, 0.15) is 0 Å². The highest BCUT2D eigenvalue weighted by Crippen LogP contribution is 2.65. The standard InChI is InChI=1S/C16H14N2O2S/c19-15-13-9-3-4-10(12-6-11(9)12)14(13)16(20)18(15)17-7-8-2-1-5-21-8/h1-5,7,9-14H,6H2/b17-7-/t9-,10-,11-,12-,13-,14+/m0/s1. The molecule has 106 valence electrons. The molecule has 1 aliphatic heterocycles. The summed E-state index contributed by atoms with van der Waals surface area (Å²) < 4.78 is 0. The van der Waals surface area contributed by atoms with Crippen molar-refractivity contribution in [1.29, 1.82) is 0 Å². The molecule has 21 heavy (non-hydrogen) atoms. The largest absolute Gasteiger partial charge is 0.272 e. The molecule has 0 spiro atoms. The highest BCUT2D eigenvalue weighted by atomic mass is 32.1. The van der Waals surface area contributed by atoms with Crippen molar-refractivity contribution in [2.75, 3.05) is 0 Å². The zero-order valence-corrected chi connectivity index (χ0v) is 12.1. The summed E-state index contributed by atoms with van der Waals surface area (Å²) in [6.45, 7) is 0. The number of hydrogen-bond acceptors (Lipinski definition) is 4. The van der Waals surface area contributed by atoms with E-state index < -0.39 is 0 Å². The van der Waals surface area contributed by atoms with Crippen molar-refractivity contribution in [2.24, 2.45) is 40.6 Å². The first-order valence-electron chi connectivity index (χ1n) is 7.39. The fourth-order valence-corrected chi connectivity index (χ4v) is 5.11. The van der Waals surface area contributed by atoms with Gasteiger partial charge in [-0.2, -0.15) is 10.1 Å². The number of hydrazone groups is 1. The van der Waals surface area contributed by atoms with Crippen molar-refractivity contribution >= 4 is 29.4 Å². The molecule has 6 rings (SSSR count). The summed E-state index contributed by atoms with van der Waals surface area (Å²) in [4.78, 5) is 26.2. The van der Waals surface area contributed by atoms with Crippen LogP contribution in [0.15, 0.2) is 34.8 Å². The maximum Gasteiger partial charge on any atom is 0.254 e. The average molecular weight is 298 g/mol. The van der Waals surface area contributed by atoms with Crippen molar-refractivity contribution in [1.82, 2.24) is 5.01 Å². The molecule has 1 saturated heterocycles. The molecule has 4 aliphatic carbocycles. The first kappa shape index (κ1) is 11.9. The van der Waals surface area contributed by atoms with Gasteiger partial charge in [0.2, 0.25) is 0 Å². The van der Waals surface area contributed by atoms with Gasteiger partial charge in [0.15, 0.2) is 0 Å². The van der Waals surface area contributed by atoms with Crippen LogP contribution in [0.3, 0.4) is 0 Å². The Morgan fingerprint density at radius 2 is 1.81 bits per heavy atom. The number of allylic oxidation sites excluding steroid dienone is 2. The van der Waals surface area contributed by atoms with Crippen LogP contribution in [0.25, 0.3) is 0 Å². The predicted octanol–water partition coefficient (Wildman–Crippen LogP) is 2.14. The van der Waals surface area contributed by atoms with Gasteiger partial charge in [-0.25, -0.2) is 0 Å². The lowest BCUT2D eigenvalue weighted by molar-refractivity contribution is -0.140. The van der Waals surface area contributed by atoms with E-state index in [9.17, 15) is 9.59 Å². The van der Waals surface area contributed by atoms with Crippen molar-refractivity contribution in [3.63, 3.8) is 0 Å². The first-order valence-corrected chi connectivity index (χ1v) is 8.27. The van der Waals surface area contributed by atoms with Gasteiger partial charge in [0.25, 0.3) is 11.8 Å². The summed E-state index contributed by atoms with van der Waals surface area (Å²) >= 11 is 1.54. The topological polar surface area (TPSA) is 49.7 Å². The monoisotopic (exact) mass is 298 g/mol. The predicted molar refractivity (Wildman–Crippen MR) is 78.5 cm³/mol. The quantitative estimate of drug-likeness (QED) is 0.477. The van der Waals surface area contributed by atoms with E-state index in [0.29, 0.717) is 11.8 Å². The lowest BCUT2D eigenvalue weighted by Gasteiger charge is -2.37. The normalized spacial score (nSPS) is 42.8. The molecule has 2 saturated carbocycles. The molecule has 5 heteroatoms. The maximum absolute atomic E-state index is 12.6. The fourth-order valence-electron chi connectivity index (χ4n) is 4.53. The Balaban J connectivity index is 1.48. The van der Waals surface area contributed by atoms with E-state index in [1.165, 1.54) is 6.42 Å². The molecule has 0 unspecified atom stereocenters. The van der Waals surface area contributed by atoms with E-state index in [1.54, 1.807) is 17.6 Å². The minimum absolute atomic E-state index is 0.0949. The molecule has 0 N–H and O–H groups in total. The second-order valence-corrected chi connectivity index (χ2v) is 7.38. The molecular formula is C16H14N2O2S. The van der Waals surface area contributed by atoms with Crippen LogP contribution < -0.4 is 0 Å². The van der Waals surface area contributed by atoms with Crippen LogP contribution in [-0.4, -0.2) is 23.0 Å². The smallest absolute Gasteiger partial charge is 0.254 e. The summed E-state index contributed by atoms with van der Waals surface area (Å²) in [7, 11) is 0. The lowest BCUT2D eigenvalue weighted by Crippen LogP contribution is -2.40. The summed E-state index contributed by atoms with van der Waals surface area (Å²) in [5.41, 5.74) is 0. The Morgan fingerprint density at radius 3 is 2.38 bits per heavy atom. The van der Waals surface area contributed by atoms with Crippen LogP contribution in [-0.2, 0) is 9.59 Å². The van der Waals surface area contributed by atoms with Gasteiger partial charge in [0.05, 0.1) is 18.1 Å². The van der Waals surface area contributed by atoms with E-state index >= 15 is 0 Å². The molecule has 0 radical (unpaired) electrons. The van der Waals surface area contributed by atoms with Crippen LogP contribution in [0.4, 0.5) is 0 Å². The lowest BCUT2D eigenvalue weighted by atomic mass is 9.63. The molecule has 6 atom stereocenters. The number of carbonyl (C=O) groups is 2. The van der Waals surface area contributed by atoms with Gasteiger partial charge in [-0.15, -0.1) is 11.3 Å². The minimum atomic E-state index is -0.156. The Bertz CT molecular complexity index is 657. The van der Waals surface area contributed by atoms with Crippen LogP contribution in [0, 0.1) is 35.5 Å². The molecular weight excluding hydrogens is 284 g/mol. The highest BCUT2D eigenvalue weighted by molar-refractivity contribution is 7.11. The van der Waals surface area contributed by atoms with Crippen LogP contribution in [0.5, 0.6) is 0 Å². The summed E-state index contributed by atoms with van der Waals surface area (Å²) in [6.07, 6.45) is 7.16. The second-order valence-electron chi connectivity index (χ2n) is 6.40. The molecule has 2 bridgehead atoms. The third kappa shape index (κ3) is 1.47. The fraction of sp³-hybridized carbons (Fsp3) is 0.438. The summed E-state index contributed by atoms with van der Waals surface area (Å²) in [6, 6.07) is 3.85. The minimum Gasteiger partial charge on any atom is -0.272 e. The number of amides is 2. The number of nitrogens with zero attached hydrogens (tertiary/aromatic N) is 2. The van der Waals surface area contributed by atoms with Crippen LogP contribution in [0.1, 0.15) is 11.3 Å². The molecule has 3 fully saturated rings. The van der Waals surface area contributed by atoms with Crippen LogP contribution >= 0.6 is 11.3 Å². The molecule has 1 aromatic heterocycles. The van der Waals surface area contributed by atoms with E-state index in [2.05, 4.69) is 17.3 Å². The molecule has 5 aliphatic rings. The van der Waals surface area contributed by atoms with Gasteiger partial charge in [-0.3, -0.25) is 9.59 Å². The van der Waals surface area contributed by atoms with E-state index in [-0.39, 0.29) is 35.5 Å². The van der Waals surface area contributed by atoms with E-state index in [1.807, 2.05) is 17.5 Å². The highest BCUT2D eigenvalue weighted by Gasteiger charge is 2.67. The third-order valence-electron chi connectivity index (χ3n) is 5.48. The third-order valence-corrected chi connectivity index (χ3v) is 6.29. The van der Waals surface area contributed by atoms with Crippen molar-refractivity contribution in [2.45, 2.75) is 6.42 Å². The van der Waals surface area contributed by atoms with E-state index in [4.69, 9.17) is 0 Å². The Morgan fingerprint density at radius 1 is 1.14 bits per heavy atom. The van der Waals surface area contributed by atoms with E-state index in [0.717, 1.165) is 9.89 Å². The van der Waals surface area contributed by atoms with Gasteiger partial charge < -0.3 is 0 Å². The number of rotatable bonds is 2. The van der Waals surface area contributed by atoms with Crippen molar-refractivity contribution in [3.05, 3.63) is 34.5 Å². The zero-order chi connectivity index (χ0) is 14.1. The maximum atomic E-state index is 12.6. The summed E-state index contributed by atoms with van der Waals surface area (Å²) in [5.74, 6) is 1.31. The molecule has 1 aromatic rings. The summed E-state index contributed by atoms with van der Waals surface area (Å²) in [5, 5.41) is 7.26. The Hall–Kier alpha value is -1.75. The number of carbonyl (C=O) groups excluding carboxylic acids is 2. The zero-order valence-electron chi connectivity index (χ0n) is 11.3. The first-order chi connectivity index (χ1) is 10.3. The Kier molecular flexibility index (Phi) is 2.21. The second kappa shape index (κ2) is 3.91. The number of imide groups is 1. The molecule has 0 aromatic carbocycles. The Labute approximate surface area is 126 Å². The number of thiophene rings is 1. The van der Waals surface area contributed by atoms with Gasteiger partial charge in [-0.1, -0.05) is 18.2 Å². The van der Waals surface area contributed by atoms with Gasteiger partial charge in [0, 0.05) is 4.88 Å². The molecule has 2 heterocycles. The van der Waals surface area contributed by atoms with Gasteiger partial charge >= 0.3 is 0 Å². The number of hydrogen-bond donors (Lipinski definition) is 0. The SMILES string of the molecule is O=C1[C@@H]2[C@H]3C=C[C@@H]([C@@H]4C[C@@H]34)[C@@H]2C(=O)N1/N=C\c1cccs1. The molecule has 4 nitrogen and oxygen atoms in total. The molecule has 2 amide bonds. The average Bonchev–Trinajstić information content (AvgIpc) is 3.10. The van der Waals surface area contributed by atoms with Crippen molar-refractivity contribution < 1.29 is 9.59 Å². The van der Waals surface area contributed by atoms with Crippen molar-refractivity contribution in [3.8, 4) is 0 Å². The van der Waals surface area contributed by atoms with Gasteiger partial charge in [-0.05, 0) is 41.5 Å².